The molecule has 1 fully saturated rings. The number of benzene rings is 1. The molecule has 1 aromatic rings. The Kier molecular flexibility index (Phi) is 4.74. The fraction of sp³-hybridized carbons (Fsp3) is 0.529. The predicted octanol–water partition coefficient (Wildman–Crippen LogP) is 3.55. The lowest BCUT2D eigenvalue weighted by Crippen LogP contribution is -2.36. The van der Waals surface area contributed by atoms with E-state index in [0.717, 1.165) is 18.4 Å². The number of amides is 1. The van der Waals surface area contributed by atoms with Crippen molar-refractivity contribution in [2.45, 2.75) is 45.3 Å². The van der Waals surface area contributed by atoms with Crippen LogP contribution in [0.1, 0.15) is 55.6 Å². The maximum Gasteiger partial charge on any atom is 0.410 e. The third-order valence-corrected chi connectivity index (χ3v) is 3.57. The number of methoxy groups -OCH3 is 1. The molecule has 120 valence electrons. The number of hydrogen-bond donors (Lipinski definition) is 0. The van der Waals surface area contributed by atoms with Crippen LogP contribution in [0, 0.1) is 0 Å². The Bertz CT molecular complexity index is 562. The summed E-state index contributed by atoms with van der Waals surface area (Å²) in [6.07, 6.45) is 1.48. The summed E-state index contributed by atoms with van der Waals surface area (Å²) in [4.78, 5) is 25.7. The zero-order chi connectivity index (χ0) is 16.3. The first-order valence-corrected chi connectivity index (χ1v) is 7.50. The molecule has 0 aliphatic carbocycles. The summed E-state index contributed by atoms with van der Waals surface area (Å²) in [7, 11) is 1.36. The molecular formula is C17H23NO4. The molecular weight excluding hydrogens is 282 g/mol. The van der Waals surface area contributed by atoms with Crippen molar-refractivity contribution < 1.29 is 19.1 Å². The van der Waals surface area contributed by atoms with Crippen LogP contribution in [0.15, 0.2) is 24.3 Å². The van der Waals surface area contributed by atoms with E-state index in [0.29, 0.717) is 12.1 Å². The molecule has 0 spiro atoms. The highest BCUT2D eigenvalue weighted by molar-refractivity contribution is 5.89. The highest BCUT2D eigenvalue weighted by Gasteiger charge is 2.33. The molecule has 0 saturated carbocycles. The van der Waals surface area contributed by atoms with Crippen molar-refractivity contribution >= 4 is 12.1 Å². The van der Waals surface area contributed by atoms with Gasteiger partial charge in [-0.25, -0.2) is 9.59 Å². The van der Waals surface area contributed by atoms with E-state index in [1.807, 2.05) is 32.9 Å². The molecule has 5 nitrogen and oxygen atoms in total. The molecule has 2 rings (SSSR count). The quantitative estimate of drug-likeness (QED) is 0.784. The first kappa shape index (κ1) is 16.3. The van der Waals surface area contributed by atoms with Crippen molar-refractivity contribution in [2.75, 3.05) is 13.7 Å². The molecule has 1 aromatic carbocycles. The minimum absolute atomic E-state index is 0.0561. The van der Waals surface area contributed by atoms with Crippen LogP contribution in [0.5, 0.6) is 0 Å². The molecule has 0 N–H and O–H groups in total. The van der Waals surface area contributed by atoms with E-state index in [1.54, 1.807) is 17.0 Å². The van der Waals surface area contributed by atoms with E-state index in [4.69, 9.17) is 9.47 Å². The van der Waals surface area contributed by atoms with Crippen molar-refractivity contribution in [2.24, 2.45) is 0 Å². The Morgan fingerprint density at radius 3 is 2.64 bits per heavy atom. The number of carbonyl (C=O) groups is 2. The maximum absolute atomic E-state index is 12.3. The van der Waals surface area contributed by atoms with Gasteiger partial charge in [-0.3, -0.25) is 0 Å². The Balaban J connectivity index is 2.20. The zero-order valence-electron chi connectivity index (χ0n) is 13.6. The average molecular weight is 305 g/mol. The van der Waals surface area contributed by atoms with Crippen LogP contribution in [0.3, 0.4) is 0 Å². The summed E-state index contributed by atoms with van der Waals surface area (Å²) in [6, 6.07) is 7.19. The molecule has 1 heterocycles. The van der Waals surface area contributed by atoms with Crippen LogP contribution in [0.25, 0.3) is 0 Å². The molecule has 0 aromatic heterocycles. The van der Waals surface area contributed by atoms with Gasteiger partial charge in [-0.15, -0.1) is 0 Å². The van der Waals surface area contributed by atoms with Gasteiger partial charge < -0.3 is 14.4 Å². The molecule has 22 heavy (non-hydrogen) atoms. The largest absolute Gasteiger partial charge is 0.465 e. The van der Waals surface area contributed by atoms with Gasteiger partial charge in [0.2, 0.25) is 0 Å². The van der Waals surface area contributed by atoms with Gasteiger partial charge in [-0.1, -0.05) is 12.1 Å². The third kappa shape index (κ3) is 3.78. The Labute approximate surface area is 131 Å². The minimum atomic E-state index is -0.516. The van der Waals surface area contributed by atoms with Crippen molar-refractivity contribution in [1.29, 1.82) is 0 Å². The summed E-state index contributed by atoms with van der Waals surface area (Å²) >= 11 is 0. The molecule has 1 unspecified atom stereocenters. The average Bonchev–Trinajstić information content (AvgIpc) is 2.94. The number of likely N-dealkylation sites (tertiary alicyclic amines) is 1. The third-order valence-electron chi connectivity index (χ3n) is 3.57. The van der Waals surface area contributed by atoms with Crippen LogP contribution < -0.4 is 0 Å². The second kappa shape index (κ2) is 6.38. The van der Waals surface area contributed by atoms with E-state index < -0.39 is 5.60 Å². The fourth-order valence-corrected chi connectivity index (χ4v) is 2.64. The van der Waals surface area contributed by atoms with Crippen molar-refractivity contribution in [3.8, 4) is 0 Å². The smallest absolute Gasteiger partial charge is 0.410 e. The van der Waals surface area contributed by atoms with Gasteiger partial charge >= 0.3 is 12.1 Å². The van der Waals surface area contributed by atoms with E-state index in [2.05, 4.69) is 0 Å². The van der Waals surface area contributed by atoms with Crippen molar-refractivity contribution in [1.82, 2.24) is 4.90 Å². The standard InChI is InChI=1S/C17H23NO4/c1-17(2,3)22-16(20)18-10-6-9-14(18)12-7-5-8-13(11-12)15(19)21-4/h5,7-8,11,14H,6,9-10H2,1-4H3. The monoisotopic (exact) mass is 305 g/mol. The lowest BCUT2D eigenvalue weighted by molar-refractivity contribution is 0.0224. The van der Waals surface area contributed by atoms with Crippen LogP contribution in [-0.2, 0) is 9.47 Å². The van der Waals surface area contributed by atoms with Gasteiger partial charge in [0.15, 0.2) is 0 Å². The number of esters is 1. The van der Waals surface area contributed by atoms with Gasteiger partial charge in [-0.05, 0) is 51.3 Å². The number of nitrogens with zero attached hydrogens (tertiary/aromatic N) is 1. The van der Waals surface area contributed by atoms with Gasteiger partial charge in [0.05, 0.1) is 18.7 Å². The van der Waals surface area contributed by atoms with E-state index in [-0.39, 0.29) is 18.1 Å². The molecule has 1 atom stereocenters. The first-order valence-electron chi connectivity index (χ1n) is 7.50. The minimum Gasteiger partial charge on any atom is -0.465 e. The molecule has 1 saturated heterocycles. The van der Waals surface area contributed by atoms with Crippen LogP contribution in [-0.4, -0.2) is 36.2 Å². The molecule has 1 amide bonds. The summed E-state index contributed by atoms with van der Waals surface area (Å²) in [6.45, 7) is 6.23. The van der Waals surface area contributed by atoms with E-state index >= 15 is 0 Å². The summed E-state index contributed by atoms with van der Waals surface area (Å²) < 4.78 is 10.2. The highest BCUT2D eigenvalue weighted by atomic mass is 16.6. The first-order chi connectivity index (χ1) is 10.3. The van der Waals surface area contributed by atoms with E-state index in [1.165, 1.54) is 7.11 Å². The molecule has 1 aliphatic rings. The molecule has 5 heteroatoms. The van der Waals surface area contributed by atoms with Gasteiger partial charge in [0, 0.05) is 6.54 Å². The number of ether oxygens (including phenoxy) is 2. The lowest BCUT2D eigenvalue weighted by atomic mass is 10.0. The fourth-order valence-electron chi connectivity index (χ4n) is 2.64. The number of carbonyl (C=O) groups excluding carboxylic acids is 2. The van der Waals surface area contributed by atoms with Crippen molar-refractivity contribution in [3.63, 3.8) is 0 Å². The topological polar surface area (TPSA) is 55.8 Å². The van der Waals surface area contributed by atoms with Gasteiger partial charge in [-0.2, -0.15) is 0 Å². The number of hydrogen-bond acceptors (Lipinski definition) is 4. The normalized spacial score (nSPS) is 18.2. The zero-order valence-corrected chi connectivity index (χ0v) is 13.6. The van der Waals surface area contributed by atoms with Gasteiger partial charge in [0.1, 0.15) is 5.60 Å². The Hall–Kier alpha value is -2.04. The Morgan fingerprint density at radius 2 is 2.00 bits per heavy atom. The second-order valence-corrected chi connectivity index (χ2v) is 6.45. The molecule has 0 bridgehead atoms. The molecule has 1 aliphatic heterocycles. The van der Waals surface area contributed by atoms with Crippen LogP contribution in [0.2, 0.25) is 0 Å². The second-order valence-electron chi connectivity index (χ2n) is 6.45. The maximum atomic E-state index is 12.3. The lowest BCUT2D eigenvalue weighted by Gasteiger charge is -2.29. The summed E-state index contributed by atoms with van der Waals surface area (Å²) in [5, 5.41) is 0. The van der Waals surface area contributed by atoms with Gasteiger partial charge in [0.25, 0.3) is 0 Å². The molecule has 0 radical (unpaired) electrons. The summed E-state index contributed by atoms with van der Waals surface area (Å²) in [5.41, 5.74) is 0.917. The predicted molar refractivity (Wildman–Crippen MR) is 82.7 cm³/mol. The summed E-state index contributed by atoms with van der Waals surface area (Å²) in [5.74, 6) is -0.372. The van der Waals surface area contributed by atoms with E-state index in [9.17, 15) is 9.59 Å². The van der Waals surface area contributed by atoms with Crippen molar-refractivity contribution in [3.05, 3.63) is 35.4 Å². The number of rotatable bonds is 2. The SMILES string of the molecule is COC(=O)c1cccc(C2CCCN2C(=O)OC(C)(C)C)c1. The Morgan fingerprint density at radius 1 is 1.27 bits per heavy atom. The van der Waals surface area contributed by atoms with Crippen LogP contribution in [0.4, 0.5) is 4.79 Å². The van der Waals surface area contributed by atoms with Crippen LogP contribution >= 0.6 is 0 Å². The highest BCUT2D eigenvalue weighted by Crippen LogP contribution is 2.33.